The van der Waals surface area contributed by atoms with E-state index in [1.165, 1.54) is 45.1 Å². The van der Waals surface area contributed by atoms with Crippen LogP contribution in [0.3, 0.4) is 0 Å². The van der Waals surface area contributed by atoms with Gasteiger partial charge in [-0.05, 0) is 67.6 Å². The number of amides is 1. The van der Waals surface area contributed by atoms with Crippen molar-refractivity contribution in [2.24, 2.45) is 35.3 Å². The molecule has 0 aromatic carbocycles. The van der Waals surface area contributed by atoms with Gasteiger partial charge in [-0.3, -0.25) is 9.78 Å². The molecule has 4 unspecified atom stereocenters. The second-order valence-electron chi connectivity index (χ2n) is 9.43. The van der Waals surface area contributed by atoms with E-state index in [4.69, 9.17) is 10.5 Å². The van der Waals surface area contributed by atoms with Crippen molar-refractivity contribution in [1.29, 1.82) is 0 Å². The minimum atomic E-state index is -0.467. The van der Waals surface area contributed by atoms with Crippen molar-refractivity contribution in [2.75, 3.05) is 26.7 Å². The third-order valence-electron chi connectivity index (χ3n) is 7.93. The Hall–Kier alpha value is -1.46. The Balaban J connectivity index is 1.40. The minimum absolute atomic E-state index is 0.306. The summed E-state index contributed by atoms with van der Waals surface area (Å²) in [5.74, 6) is 3.49. The lowest BCUT2D eigenvalue weighted by Crippen LogP contribution is -2.59. The van der Waals surface area contributed by atoms with E-state index in [0.29, 0.717) is 17.5 Å². The lowest BCUT2D eigenvalue weighted by molar-refractivity contribution is -0.170. The highest BCUT2D eigenvalue weighted by Gasteiger charge is 2.54. The zero-order chi connectivity index (χ0) is 18.6. The largest absolute Gasteiger partial charge is 0.373 e. The van der Waals surface area contributed by atoms with Crippen molar-refractivity contribution in [1.82, 2.24) is 9.88 Å². The highest BCUT2D eigenvalue weighted by atomic mass is 16.5. The zero-order valence-electron chi connectivity index (χ0n) is 16.3. The van der Waals surface area contributed by atoms with Crippen LogP contribution in [0.5, 0.6) is 0 Å². The van der Waals surface area contributed by atoms with Gasteiger partial charge in [-0.25, -0.2) is 0 Å². The van der Waals surface area contributed by atoms with Gasteiger partial charge in [0.2, 0.25) is 0 Å². The average Bonchev–Trinajstić information content (AvgIpc) is 3.27. The molecule has 1 aliphatic heterocycles. The van der Waals surface area contributed by atoms with E-state index >= 15 is 0 Å². The topological polar surface area (TPSA) is 68.5 Å². The van der Waals surface area contributed by atoms with Crippen molar-refractivity contribution >= 4 is 5.91 Å². The third kappa shape index (κ3) is 2.90. The van der Waals surface area contributed by atoms with Gasteiger partial charge in [-0.2, -0.15) is 0 Å². The number of nitrogens with zero attached hydrogens (tertiary/aromatic N) is 2. The van der Waals surface area contributed by atoms with E-state index in [-0.39, 0.29) is 5.60 Å². The number of carbonyl (C=O) groups is 1. The average molecular weight is 370 g/mol. The quantitative estimate of drug-likeness (QED) is 0.867. The summed E-state index contributed by atoms with van der Waals surface area (Å²) >= 11 is 0. The molecule has 146 valence electrons. The molecule has 2 bridgehead atoms. The van der Waals surface area contributed by atoms with Gasteiger partial charge in [0.1, 0.15) is 11.3 Å². The summed E-state index contributed by atoms with van der Waals surface area (Å²) in [6.45, 7) is 3.47. The molecule has 0 radical (unpaired) electrons. The van der Waals surface area contributed by atoms with Crippen LogP contribution in [-0.4, -0.2) is 42.5 Å². The Morgan fingerprint density at radius 2 is 1.96 bits per heavy atom. The number of fused-ring (bicyclic) bond motifs is 3. The van der Waals surface area contributed by atoms with E-state index in [1.807, 2.05) is 19.2 Å². The van der Waals surface area contributed by atoms with Crippen molar-refractivity contribution in [2.45, 2.75) is 44.1 Å². The number of aromatic nitrogens is 1. The first kappa shape index (κ1) is 17.6. The van der Waals surface area contributed by atoms with E-state index in [1.54, 1.807) is 6.20 Å². The Bertz CT molecular complexity index is 712. The highest BCUT2D eigenvalue weighted by molar-refractivity contribution is 5.90. The van der Waals surface area contributed by atoms with Gasteiger partial charge >= 0.3 is 0 Å². The molecule has 1 amide bonds. The van der Waals surface area contributed by atoms with Crippen LogP contribution in [0.2, 0.25) is 0 Å². The molecule has 4 fully saturated rings. The summed E-state index contributed by atoms with van der Waals surface area (Å²) in [6.07, 6.45) is 9.77. The molecule has 1 aromatic heterocycles. The first-order chi connectivity index (χ1) is 13.1. The van der Waals surface area contributed by atoms with Crippen LogP contribution < -0.4 is 5.73 Å². The van der Waals surface area contributed by atoms with Crippen LogP contribution in [-0.2, 0) is 10.3 Å². The summed E-state index contributed by atoms with van der Waals surface area (Å²) < 4.78 is 6.30. The molecule has 5 rings (SSSR count). The lowest BCUT2D eigenvalue weighted by Gasteiger charge is -2.55. The summed E-state index contributed by atoms with van der Waals surface area (Å²) in [5, 5.41) is 0. The first-order valence-electron chi connectivity index (χ1n) is 10.6. The number of piperidine rings is 1. The van der Waals surface area contributed by atoms with Crippen LogP contribution >= 0.6 is 0 Å². The minimum Gasteiger partial charge on any atom is -0.373 e. The number of ether oxygens (including phenoxy) is 1. The van der Waals surface area contributed by atoms with Gasteiger partial charge in [-0.15, -0.1) is 0 Å². The Labute approximate surface area is 161 Å². The Kier molecular flexibility index (Phi) is 4.28. The van der Waals surface area contributed by atoms with E-state index in [2.05, 4.69) is 9.88 Å². The van der Waals surface area contributed by atoms with Crippen molar-refractivity contribution in [3.05, 3.63) is 29.6 Å². The summed E-state index contributed by atoms with van der Waals surface area (Å²) in [7, 11) is 1.84. The number of likely N-dealkylation sites (tertiary alicyclic amines) is 1. The molecule has 3 saturated carbocycles. The maximum atomic E-state index is 11.7. The fourth-order valence-electron chi connectivity index (χ4n) is 6.76. The number of nitrogens with two attached hydrogens (primary N) is 1. The molecular formula is C22H31N3O2. The molecule has 4 aliphatic rings. The molecule has 2 N–H and O–H groups in total. The smallest absolute Gasteiger partial charge is 0.267 e. The van der Waals surface area contributed by atoms with Gasteiger partial charge in [0, 0.05) is 44.8 Å². The van der Waals surface area contributed by atoms with Gasteiger partial charge < -0.3 is 15.4 Å². The third-order valence-corrected chi connectivity index (χ3v) is 7.93. The summed E-state index contributed by atoms with van der Waals surface area (Å²) in [6, 6.07) is 3.90. The van der Waals surface area contributed by atoms with Gasteiger partial charge in [-0.1, -0.05) is 6.42 Å². The second kappa shape index (κ2) is 6.56. The number of pyridine rings is 1. The monoisotopic (exact) mass is 369 g/mol. The van der Waals surface area contributed by atoms with Crippen molar-refractivity contribution < 1.29 is 9.53 Å². The van der Waals surface area contributed by atoms with Crippen molar-refractivity contribution in [3.63, 3.8) is 0 Å². The first-order valence-corrected chi connectivity index (χ1v) is 10.6. The Morgan fingerprint density at radius 1 is 1.26 bits per heavy atom. The number of rotatable bonds is 5. The molecule has 1 aromatic rings. The van der Waals surface area contributed by atoms with Gasteiger partial charge in [0.25, 0.3) is 5.91 Å². The summed E-state index contributed by atoms with van der Waals surface area (Å²) in [4.78, 5) is 18.5. The maximum Gasteiger partial charge on any atom is 0.267 e. The number of primary amides is 1. The predicted molar refractivity (Wildman–Crippen MR) is 103 cm³/mol. The van der Waals surface area contributed by atoms with Crippen molar-refractivity contribution in [3.8, 4) is 0 Å². The van der Waals surface area contributed by atoms with Crippen LogP contribution in [0.25, 0.3) is 0 Å². The standard InChI is InChI=1S/C22H31N3O2/c1-27-22(17-5-6-24-20(10-17)21(23)26)18-3-2-4-19(22)13-25(12-18)11-14-7-15-9-16(15)8-14/h5-6,10,14-16,18-19H,2-4,7-9,11-13H2,1H3,(H2,23,26)/t14?,15-,16?,18?,19?,22?/m0/s1. The van der Waals surface area contributed by atoms with Gasteiger partial charge in [0.05, 0.1) is 0 Å². The van der Waals surface area contributed by atoms with Crippen LogP contribution in [0.4, 0.5) is 0 Å². The fraction of sp³-hybridized carbons (Fsp3) is 0.727. The molecule has 5 nitrogen and oxygen atoms in total. The number of hydrogen-bond acceptors (Lipinski definition) is 4. The number of hydrogen-bond donors (Lipinski definition) is 1. The molecule has 3 aliphatic carbocycles. The predicted octanol–water partition coefficient (Wildman–Crippen LogP) is 2.80. The second-order valence-corrected chi connectivity index (χ2v) is 9.43. The fourth-order valence-corrected chi connectivity index (χ4v) is 6.76. The maximum absolute atomic E-state index is 11.7. The van der Waals surface area contributed by atoms with Gasteiger partial charge in [0.15, 0.2) is 0 Å². The highest BCUT2D eigenvalue weighted by Crippen LogP contribution is 2.55. The summed E-state index contributed by atoms with van der Waals surface area (Å²) in [5.41, 5.74) is 6.61. The molecule has 5 atom stereocenters. The molecular weight excluding hydrogens is 338 g/mol. The van der Waals surface area contributed by atoms with Crippen LogP contribution in [0, 0.1) is 29.6 Å². The molecule has 27 heavy (non-hydrogen) atoms. The number of methoxy groups -OCH3 is 1. The van der Waals surface area contributed by atoms with E-state index < -0.39 is 5.91 Å². The zero-order valence-corrected chi connectivity index (χ0v) is 16.3. The van der Waals surface area contributed by atoms with E-state index in [0.717, 1.165) is 36.4 Å². The molecule has 1 saturated heterocycles. The van der Waals surface area contributed by atoms with Crippen LogP contribution in [0.15, 0.2) is 18.3 Å². The van der Waals surface area contributed by atoms with E-state index in [9.17, 15) is 4.79 Å². The number of carbonyl (C=O) groups excluding carboxylic acids is 1. The van der Waals surface area contributed by atoms with Crippen LogP contribution in [0.1, 0.15) is 54.6 Å². The Morgan fingerprint density at radius 3 is 2.59 bits per heavy atom. The lowest BCUT2D eigenvalue weighted by atomic mass is 9.62. The molecule has 0 spiro atoms. The normalized spacial score (nSPS) is 40.6. The molecule has 5 heteroatoms. The SMILES string of the molecule is COC1(c2ccnc(C(N)=O)c2)C2CCCC1CN(CC1CC3C[C@@H]3C1)C2. The molecule has 2 heterocycles.